The molecule has 0 aliphatic rings. The fraction of sp³-hybridized carbons (Fsp3) is 0.0417. The molecule has 5 heteroatoms. The van der Waals surface area contributed by atoms with Crippen molar-refractivity contribution in [3.63, 3.8) is 0 Å². The van der Waals surface area contributed by atoms with Gasteiger partial charge in [-0.2, -0.15) is 5.10 Å². The van der Waals surface area contributed by atoms with Crippen LogP contribution in [0.5, 0.6) is 5.75 Å². The summed E-state index contributed by atoms with van der Waals surface area (Å²) in [6.07, 6.45) is 8.76. The molecule has 2 aromatic heterocycles. The third kappa shape index (κ3) is 4.14. The molecule has 0 saturated carbocycles. The van der Waals surface area contributed by atoms with Crippen LogP contribution in [0.4, 0.5) is 0 Å². The van der Waals surface area contributed by atoms with Crippen molar-refractivity contribution in [3.05, 3.63) is 103 Å². The minimum absolute atomic E-state index is 0.0859. The first kappa shape index (κ1) is 18.4. The largest absolute Gasteiger partial charge is 0.497 e. The van der Waals surface area contributed by atoms with Crippen LogP contribution in [0.2, 0.25) is 0 Å². The van der Waals surface area contributed by atoms with Gasteiger partial charge in [0.1, 0.15) is 11.4 Å². The van der Waals surface area contributed by atoms with E-state index in [1.165, 1.54) is 0 Å². The molecule has 29 heavy (non-hydrogen) atoms. The van der Waals surface area contributed by atoms with Gasteiger partial charge in [-0.15, -0.1) is 0 Å². The van der Waals surface area contributed by atoms with Crippen molar-refractivity contribution in [3.8, 4) is 22.7 Å². The van der Waals surface area contributed by atoms with Gasteiger partial charge in [-0.3, -0.25) is 9.78 Å². The maximum absolute atomic E-state index is 12.6. The van der Waals surface area contributed by atoms with Crippen LogP contribution in [0.3, 0.4) is 0 Å². The number of ether oxygens (including phenoxy) is 1. The maximum atomic E-state index is 12.6. The van der Waals surface area contributed by atoms with Crippen LogP contribution in [-0.4, -0.2) is 27.7 Å². The summed E-state index contributed by atoms with van der Waals surface area (Å²) >= 11 is 0. The molecule has 0 aliphatic carbocycles. The van der Waals surface area contributed by atoms with Gasteiger partial charge < -0.3 is 4.74 Å². The smallest absolute Gasteiger partial charge is 0.185 e. The van der Waals surface area contributed by atoms with Gasteiger partial charge >= 0.3 is 0 Å². The molecular weight excluding hydrogens is 362 g/mol. The highest BCUT2D eigenvalue weighted by atomic mass is 16.5. The van der Waals surface area contributed by atoms with Gasteiger partial charge in [0.05, 0.1) is 12.8 Å². The number of carbonyl (C=O) groups is 1. The summed E-state index contributed by atoms with van der Waals surface area (Å²) in [6, 6.07) is 20.7. The van der Waals surface area contributed by atoms with Crippen molar-refractivity contribution >= 4 is 11.9 Å². The van der Waals surface area contributed by atoms with Crippen LogP contribution in [0, 0.1) is 0 Å². The Hall–Kier alpha value is -3.99. The minimum atomic E-state index is -0.0859. The number of methoxy groups -OCH3 is 1. The third-order valence-corrected chi connectivity index (χ3v) is 4.49. The maximum Gasteiger partial charge on any atom is 0.185 e. The number of hydrogen-bond acceptors (Lipinski definition) is 4. The van der Waals surface area contributed by atoms with E-state index in [1.807, 2.05) is 48.7 Å². The Balaban J connectivity index is 1.68. The number of pyridine rings is 1. The van der Waals surface area contributed by atoms with Crippen molar-refractivity contribution in [1.82, 2.24) is 14.8 Å². The summed E-state index contributed by atoms with van der Waals surface area (Å²) in [5.41, 5.74) is 4.03. The number of rotatable bonds is 6. The second kappa shape index (κ2) is 8.35. The van der Waals surface area contributed by atoms with E-state index in [2.05, 4.69) is 4.98 Å². The Morgan fingerprint density at radius 2 is 1.79 bits per heavy atom. The molecule has 0 fully saturated rings. The lowest BCUT2D eigenvalue weighted by Gasteiger charge is -2.00. The Morgan fingerprint density at radius 1 is 1.00 bits per heavy atom. The molecule has 4 aromatic rings. The number of allylic oxidation sites excluding steroid dienone is 1. The SMILES string of the molecule is COc1ccc(C(=O)/C=C\c2cn(-c3ccccc3)nc2-c2cccnc2)cc1. The normalized spacial score (nSPS) is 10.9. The number of hydrogen-bond donors (Lipinski definition) is 0. The zero-order valence-corrected chi connectivity index (χ0v) is 15.9. The summed E-state index contributed by atoms with van der Waals surface area (Å²) in [4.78, 5) is 16.8. The van der Waals surface area contributed by atoms with E-state index in [1.54, 1.807) is 60.6 Å². The number of benzene rings is 2. The van der Waals surface area contributed by atoms with Crippen molar-refractivity contribution in [2.24, 2.45) is 0 Å². The molecular formula is C24H19N3O2. The lowest BCUT2D eigenvalue weighted by molar-refractivity contribution is 0.104. The molecule has 0 saturated heterocycles. The summed E-state index contributed by atoms with van der Waals surface area (Å²) in [7, 11) is 1.60. The third-order valence-electron chi connectivity index (χ3n) is 4.49. The second-order valence-corrected chi connectivity index (χ2v) is 6.38. The minimum Gasteiger partial charge on any atom is -0.497 e. The highest BCUT2D eigenvalue weighted by Crippen LogP contribution is 2.24. The molecule has 0 N–H and O–H groups in total. The van der Waals surface area contributed by atoms with Gasteiger partial charge in [0, 0.05) is 35.3 Å². The summed E-state index contributed by atoms with van der Waals surface area (Å²) in [5.74, 6) is 0.630. The first-order valence-corrected chi connectivity index (χ1v) is 9.16. The van der Waals surface area contributed by atoms with Crippen LogP contribution < -0.4 is 4.74 Å². The van der Waals surface area contributed by atoms with E-state index in [-0.39, 0.29) is 5.78 Å². The molecule has 0 radical (unpaired) electrons. The van der Waals surface area contributed by atoms with Crippen LogP contribution in [-0.2, 0) is 0 Å². The number of ketones is 1. The first-order chi connectivity index (χ1) is 14.2. The van der Waals surface area contributed by atoms with Crippen molar-refractivity contribution in [2.45, 2.75) is 0 Å². The molecule has 2 aromatic carbocycles. The number of para-hydroxylation sites is 1. The highest BCUT2D eigenvalue weighted by molar-refractivity contribution is 6.07. The van der Waals surface area contributed by atoms with E-state index < -0.39 is 0 Å². The lowest BCUT2D eigenvalue weighted by atomic mass is 10.1. The Bertz CT molecular complexity index is 1130. The Labute approximate surface area is 168 Å². The molecule has 0 unspecified atom stereocenters. The summed E-state index contributed by atoms with van der Waals surface area (Å²) in [5, 5.41) is 4.72. The molecule has 0 aliphatic heterocycles. The van der Waals surface area contributed by atoms with Crippen LogP contribution in [0.15, 0.2) is 91.4 Å². The standard InChI is InChI=1S/C24H19N3O2/c1-29-22-12-9-18(10-13-22)23(28)14-11-20-17-27(21-7-3-2-4-8-21)26-24(20)19-6-5-15-25-16-19/h2-17H,1H3/b14-11-. The van der Waals surface area contributed by atoms with E-state index in [0.717, 1.165) is 22.5 Å². The fourth-order valence-electron chi connectivity index (χ4n) is 2.97. The van der Waals surface area contributed by atoms with Crippen LogP contribution >= 0.6 is 0 Å². The van der Waals surface area contributed by atoms with Crippen LogP contribution in [0.1, 0.15) is 15.9 Å². The van der Waals surface area contributed by atoms with Crippen molar-refractivity contribution in [1.29, 1.82) is 0 Å². The number of nitrogens with zero attached hydrogens (tertiary/aromatic N) is 3. The Morgan fingerprint density at radius 3 is 2.48 bits per heavy atom. The van der Waals surface area contributed by atoms with Gasteiger partial charge in [0.2, 0.25) is 0 Å². The van der Waals surface area contributed by atoms with Gasteiger partial charge in [-0.25, -0.2) is 4.68 Å². The molecule has 5 nitrogen and oxygen atoms in total. The van der Waals surface area contributed by atoms with E-state index in [9.17, 15) is 4.79 Å². The van der Waals surface area contributed by atoms with Crippen molar-refractivity contribution < 1.29 is 9.53 Å². The molecule has 0 amide bonds. The Kier molecular flexibility index (Phi) is 5.29. The van der Waals surface area contributed by atoms with Gasteiger partial charge in [-0.05, 0) is 60.7 Å². The predicted molar refractivity (Wildman–Crippen MR) is 113 cm³/mol. The summed E-state index contributed by atoms with van der Waals surface area (Å²) in [6.45, 7) is 0. The monoisotopic (exact) mass is 381 g/mol. The van der Waals surface area contributed by atoms with Gasteiger partial charge in [0.25, 0.3) is 0 Å². The van der Waals surface area contributed by atoms with Crippen LogP contribution in [0.25, 0.3) is 23.0 Å². The molecule has 0 bridgehead atoms. The quantitative estimate of drug-likeness (QED) is 0.354. The topological polar surface area (TPSA) is 57.0 Å². The lowest BCUT2D eigenvalue weighted by Crippen LogP contribution is -1.94. The van der Waals surface area contributed by atoms with Crippen molar-refractivity contribution in [2.75, 3.05) is 7.11 Å². The van der Waals surface area contributed by atoms with E-state index in [4.69, 9.17) is 9.84 Å². The zero-order valence-electron chi connectivity index (χ0n) is 15.9. The zero-order chi connectivity index (χ0) is 20.1. The van der Waals surface area contributed by atoms with Gasteiger partial charge in [0.15, 0.2) is 5.78 Å². The highest BCUT2D eigenvalue weighted by Gasteiger charge is 2.11. The predicted octanol–water partition coefficient (Wildman–Crippen LogP) is 4.84. The van der Waals surface area contributed by atoms with Gasteiger partial charge in [-0.1, -0.05) is 18.2 Å². The second-order valence-electron chi connectivity index (χ2n) is 6.38. The number of carbonyl (C=O) groups excluding carboxylic acids is 1. The average molecular weight is 381 g/mol. The first-order valence-electron chi connectivity index (χ1n) is 9.16. The molecule has 4 rings (SSSR count). The van der Waals surface area contributed by atoms with E-state index in [0.29, 0.717) is 11.3 Å². The average Bonchev–Trinajstić information content (AvgIpc) is 3.23. The molecule has 2 heterocycles. The van der Waals surface area contributed by atoms with E-state index >= 15 is 0 Å². The molecule has 0 atom stereocenters. The summed E-state index contributed by atoms with van der Waals surface area (Å²) < 4.78 is 6.95. The fourth-order valence-corrected chi connectivity index (χ4v) is 2.97. The number of aromatic nitrogens is 3. The molecule has 142 valence electrons. The molecule has 0 spiro atoms.